The van der Waals surface area contributed by atoms with Gasteiger partial charge in [-0.15, -0.1) is 0 Å². The predicted octanol–water partition coefficient (Wildman–Crippen LogP) is 3.46. The SMILES string of the molecule is Cc1ccc(C(CNC2CC2)OCC(C)C)cc1. The Morgan fingerprint density at radius 1 is 1.22 bits per heavy atom. The first kappa shape index (κ1) is 13.6. The molecule has 0 saturated heterocycles. The summed E-state index contributed by atoms with van der Waals surface area (Å²) >= 11 is 0. The van der Waals surface area contributed by atoms with Gasteiger partial charge in [0.2, 0.25) is 0 Å². The number of ether oxygens (including phenoxy) is 1. The van der Waals surface area contributed by atoms with E-state index in [-0.39, 0.29) is 6.10 Å². The third kappa shape index (κ3) is 4.43. The minimum atomic E-state index is 0.189. The van der Waals surface area contributed by atoms with Crippen LogP contribution >= 0.6 is 0 Å². The van der Waals surface area contributed by atoms with Crippen molar-refractivity contribution in [2.24, 2.45) is 5.92 Å². The Balaban J connectivity index is 1.94. The van der Waals surface area contributed by atoms with E-state index in [4.69, 9.17) is 4.74 Å². The van der Waals surface area contributed by atoms with Gasteiger partial charge in [0.1, 0.15) is 0 Å². The zero-order valence-electron chi connectivity index (χ0n) is 11.8. The van der Waals surface area contributed by atoms with Crippen LogP contribution in [0.15, 0.2) is 24.3 Å². The lowest BCUT2D eigenvalue weighted by molar-refractivity contribution is 0.0349. The Kier molecular flexibility index (Phi) is 4.79. The summed E-state index contributed by atoms with van der Waals surface area (Å²) in [6.45, 7) is 8.27. The van der Waals surface area contributed by atoms with Gasteiger partial charge in [-0.05, 0) is 31.2 Å². The first-order valence-electron chi connectivity index (χ1n) is 7.06. The Labute approximate surface area is 111 Å². The van der Waals surface area contributed by atoms with E-state index in [1.165, 1.54) is 24.0 Å². The normalized spacial score (nSPS) is 17.1. The van der Waals surface area contributed by atoms with Gasteiger partial charge in [0.25, 0.3) is 0 Å². The number of nitrogens with one attached hydrogen (secondary N) is 1. The van der Waals surface area contributed by atoms with Crippen LogP contribution in [0.25, 0.3) is 0 Å². The molecule has 1 aliphatic rings. The Hall–Kier alpha value is -0.860. The molecule has 0 bridgehead atoms. The molecule has 1 aliphatic carbocycles. The number of hydrogen-bond donors (Lipinski definition) is 1. The predicted molar refractivity (Wildman–Crippen MR) is 75.7 cm³/mol. The van der Waals surface area contributed by atoms with Crippen molar-refractivity contribution in [3.05, 3.63) is 35.4 Å². The third-order valence-corrected chi connectivity index (χ3v) is 3.25. The standard InChI is InChI=1S/C16H25NO/c1-12(2)11-18-16(10-17-15-8-9-15)14-6-4-13(3)5-7-14/h4-7,12,15-17H,8-11H2,1-3H3. The highest BCUT2D eigenvalue weighted by atomic mass is 16.5. The van der Waals surface area contributed by atoms with Crippen molar-refractivity contribution in [3.63, 3.8) is 0 Å². The maximum absolute atomic E-state index is 6.05. The van der Waals surface area contributed by atoms with Crippen molar-refractivity contribution >= 4 is 0 Å². The summed E-state index contributed by atoms with van der Waals surface area (Å²) in [5.41, 5.74) is 2.59. The monoisotopic (exact) mass is 247 g/mol. The first-order valence-corrected chi connectivity index (χ1v) is 7.06. The molecule has 1 unspecified atom stereocenters. The second-order valence-electron chi connectivity index (χ2n) is 5.81. The molecular weight excluding hydrogens is 222 g/mol. The molecule has 1 N–H and O–H groups in total. The van der Waals surface area contributed by atoms with Gasteiger partial charge in [0.15, 0.2) is 0 Å². The van der Waals surface area contributed by atoms with Gasteiger partial charge in [0, 0.05) is 19.2 Å². The summed E-state index contributed by atoms with van der Waals surface area (Å²) in [6, 6.07) is 9.45. The molecule has 1 fully saturated rings. The number of benzene rings is 1. The van der Waals surface area contributed by atoms with Crippen molar-refractivity contribution < 1.29 is 4.74 Å². The zero-order chi connectivity index (χ0) is 13.0. The fourth-order valence-electron chi connectivity index (χ4n) is 1.92. The van der Waals surface area contributed by atoms with Crippen molar-refractivity contribution in [3.8, 4) is 0 Å². The van der Waals surface area contributed by atoms with Crippen molar-refractivity contribution in [2.45, 2.75) is 45.8 Å². The molecule has 0 heterocycles. The first-order chi connectivity index (χ1) is 8.65. The highest BCUT2D eigenvalue weighted by Crippen LogP contribution is 2.22. The van der Waals surface area contributed by atoms with E-state index < -0.39 is 0 Å². The smallest absolute Gasteiger partial charge is 0.0949 e. The fourth-order valence-corrected chi connectivity index (χ4v) is 1.92. The number of aryl methyl sites for hydroxylation is 1. The molecule has 0 spiro atoms. The van der Waals surface area contributed by atoms with Crippen LogP contribution in [0.4, 0.5) is 0 Å². The molecule has 0 aromatic heterocycles. The van der Waals surface area contributed by atoms with Crippen LogP contribution in [-0.4, -0.2) is 19.2 Å². The van der Waals surface area contributed by atoms with Crippen LogP contribution in [0.5, 0.6) is 0 Å². The van der Waals surface area contributed by atoms with E-state index in [9.17, 15) is 0 Å². The van der Waals surface area contributed by atoms with Crippen LogP contribution in [0, 0.1) is 12.8 Å². The summed E-state index contributed by atoms with van der Waals surface area (Å²) in [5.74, 6) is 0.582. The summed E-state index contributed by atoms with van der Waals surface area (Å²) < 4.78 is 6.05. The molecule has 2 nitrogen and oxygen atoms in total. The van der Waals surface area contributed by atoms with E-state index in [0.717, 1.165) is 19.2 Å². The second kappa shape index (κ2) is 6.35. The molecule has 0 aliphatic heterocycles. The molecule has 2 heteroatoms. The summed E-state index contributed by atoms with van der Waals surface area (Å²) in [7, 11) is 0. The molecule has 1 aromatic rings. The van der Waals surface area contributed by atoms with E-state index in [1.54, 1.807) is 0 Å². The van der Waals surface area contributed by atoms with Crippen LogP contribution < -0.4 is 5.32 Å². The zero-order valence-corrected chi connectivity index (χ0v) is 11.8. The molecule has 2 rings (SSSR count). The molecule has 18 heavy (non-hydrogen) atoms. The van der Waals surface area contributed by atoms with Gasteiger partial charge in [-0.3, -0.25) is 0 Å². The molecule has 1 aromatic carbocycles. The quantitative estimate of drug-likeness (QED) is 0.796. The van der Waals surface area contributed by atoms with Gasteiger partial charge >= 0.3 is 0 Å². The number of rotatable bonds is 7. The average molecular weight is 247 g/mol. The second-order valence-corrected chi connectivity index (χ2v) is 5.81. The minimum absolute atomic E-state index is 0.189. The molecule has 100 valence electrons. The Morgan fingerprint density at radius 3 is 2.44 bits per heavy atom. The van der Waals surface area contributed by atoms with Crippen LogP contribution in [-0.2, 0) is 4.74 Å². The number of hydrogen-bond acceptors (Lipinski definition) is 2. The molecule has 0 amide bonds. The van der Waals surface area contributed by atoms with Crippen molar-refractivity contribution in [1.82, 2.24) is 5.32 Å². The van der Waals surface area contributed by atoms with E-state index in [1.807, 2.05) is 0 Å². The maximum atomic E-state index is 6.05. The molecule has 0 radical (unpaired) electrons. The van der Waals surface area contributed by atoms with E-state index in [0.29, 0.717) is 5.92 Å². The van der Waals surface area contributed by atoms with Gasteiger partial charge < -0.3 is 10.1 Å². The highest BCUT2D eigenvalue weighted by Gasteiger charge is 2.22. The van der Waals surface area contributed by atoms with Crippen molar-refractivity contribution in [2.75, 3.05) is 13.2 Å². The topological polar surface area (TPSA) is 21.3 Å². The average Bonchev–Trinajstić information content (AvgIpc) is 3.14. The highest BCUT2D eigenvalue weighted by molar-refractivity contribution is 5.23. The van der Waals surface area contributed by atoms with E-state index in [2.05, 4.69) is 50.4 Å². The lowest BCUT2D eigenvalue weighted by atomic mass is 10.1. The fraction of sp³-hybridized carbons (Fsp3) is 0.625. The summed E-state index contributed by atoms with van der Waals surface area (Å²) in [4.78, 5) is 0. The van der Waals surface area contributed by atoms with Gasteiger partial charge in [0.05, 0.1) is 6.10 Å². The lowest BCUT2D eigenvalue weighted by Gasteiger charge is -2.20. The van der Waals surface area contributed by atoms with Crippen LogP contribution in [0.1, 0.15) is 43.9 Å². The van der Waals surface area contributed by atoms with Gasteiger partial charge in [-0.2, -0.15) is 0 Å². The minimum Gasteiger partial charge on any atom is -0.372 e. The largest absolute Gasteiger partial charge is 0.372 e. The molecule has 1 saturated carbocycles. The van der Waals surface area contributed by atoms with Crippen LogP contribution in [0.3, 0.4) is 0 Å². The third-order valence-electron chi connectivity index (χ3n) is 3.25. The van der Waals surface area contributed by atoms with E-state index >= 15 is 0 Å². The maximum Gasteiger partial charge on any atom is 0.0949 e. The van der Waals surface area contributed by atoms with Crippen LogP contribution in [0.2, 0.25) is 0 Å². The molecular formula is C16H25NO. The summed E-state index contributed by atoms with van der Waals surface area (Å²) in [6.07, 6.45) is 2.84. The lowest BCUT2D eigenvalue weighted by Crippen LogP contribution is -2.26. The summed E-state index contributed by atoms with van der Waals surface area (Å²) in [5, 5.41) is 3.57. The Morgan fingerprint density at radius 2 is 1.89 bits per heavy atom. The van der Waals surface area contributed by atoms with Crippen molar-refractivity contribution in [1.29, 1.82) is 0 Å². The Bertz CT molecular complexity index is 348. The van der Waals surface area contributed by atoms with Gasteiger partial charge in [-0.25, -0.2) is 0 Å². The molecule has 1 atom stereocenters. The van der Waals surface area contributed by atoms with Gasteiger partial charge in [-0.1, -0.05) is 43.7 Å².